The zero-order valence-corrected chi connectivity index (χ0v) is 13.8. The van der Waals surface area contributed by atoms with Crippen molar-refractivity contribution in [1.82, 2.24) is 14.8 Å². The predicted octanol–water partition coefficient (Wildman–Crippen LogP) is 3.51. The van der Waals surface area contributed by atoms with Gasteiger partial charge in [0.05, 0.1) is 29.3 Å². The number of nitriles is 1. The number of benzene rings is 1. The summed E-state index contributed by atoms with van der Waals surface area (Å²) in [5, 5.41) is 13.7. The van der Waals surface area contributed by atoms with E-state index < -0.39 is 11.7 Å². The van der Waals surface area contributed by atoms with Crippen LogP contribution in [0.15, 0.2) is 48.7 Å². The van der Waals surface area contributed by atoms with Gasteiger partial charge in [-0.05, 0) is 56.3 Å². The Kier molecular flexibility index (Phi) is 4.40. The highest BCUT2D eigenvalue weighted by Crippen LogP contribution is 2.20. The van der Waals surface area contributed by atoms with E-state index in [-0.39, 0.29) is 11.5 Å². The molecule has 2 heterocycles. The van der Waals surface area contributed by atoms with Crippen LogP contribution >= 0.6 is 0 Å². The summed E-state index contributed by atoms with van der Waals surface area (Å²) in [5.41, 5.74) is 3.35. The van der Waals surface area contributed by atoms with Gasteiger partial charge in [-0.1, -0.05) is 0 Å². The minimum Gasteiger partial charge on any atom is -0.292 e. The number of carbonyl (C=O) groups excluding carboxylic acids is 1. The third-order valence-electron chi connectivity index (χ3n) is 3.84. The molecular weight excluding hydrogens is 319 g/mol. The number of Topliss-reactive ketones (excluding diaryl/α,β-unsaturated/α-hetero) is 1. The molecule has 0 N–H and O–H groups in total. The van der Waals surface area contributed by atoms with Gasteiger partial charge >= 0.3 is 0 Å². The number of halogens is 1. The molecule has 0 saturated heterocycles. The lowest BCUT2D eigenvalue weighted by molar-refractivity contribution is 0.0977. The average molecular weight is 334 g/mol. The van der Waals surface area contributed by atoms with Gasteiger partial charge in [0.2, 0.25) is 0 Å². The van der Waals surface area contributed by atoms with E-state index in [9.17, 15) is 14.4 Å². The van der Waals surface area contributed by atoms with Gasteiger partial charge in [0.1, 0.15) is 5.82 Å². The lowest BCUT2D eigenvalue weighted by Gasteiger charge is -2.09. The molecule has 2 aromatic heterocycles. The zero-order valence-electron chi connectivity index (χ0n) is 13.8. The fourth-order valence-corrected chi connectivity index (χ4v) is 2.64. The molecule has 0 saturated carbocycles. The third kappa shape index (κ3) is 3.31. The van der Waals surface area contributed by atoms with Crippen molar-refractivity contribution in [2.75, 3.05) is 0 Å². The number of aryl methyl sites for hydroxylation is 2. The summed E-state index contributed by atoms with van der Waals surface area (Å²) in [6, 6.07) is 13.3. The lowest BCUT2D eigenvalue weighted by Crippen LogP contribution is -2.13. The Morgan fingerprint density at radius 2 is 1.92 bits per heavy atom. The van der Waals surface area contributed by atoms with Gasteiger partial charge in [-0.25, -0.2) is 9.07 Å². The van der Waals surface area contributed by atoms with Crippen LogP contribution in [0.5, 0.6) is 0 Å². The van der Waals surface area contributed by atoms with E-state index in [1.54, 1.807) is 28.9 Å². The SMILES string of the molecule is Cc1cc(C)n(-c2ccc(C(=O)[C@@H](C#N)c3ccc(F)cn3)cc2)n1. The highest BCUT2D eigenvalue weighted by Gasteiger charge is 2.23. The topological polar surface area (TPSA) is 71.6 Å². The maximum Gasteiger partial charge on any atom is 0.186 e. The molecule has 0 aliphatic rings. The number of carbonyl (C=O) groups is 1. The minimum absolute atomic E-state index is 0.233. The van der Waals surface area contributed by atoms with Crippen molar-refractivity contribution >= 4 is 5.78 Å². The monoisotopic (exact) mass is 334 g/mol. The highest BCUT2D eigenvalue weighted by atomic mass is 19.1. The summed E-state index contributed by atoms with van der Waals surface area (Å²) >= 11 is 0. The molecule has 6 heteroatoms. The first-order chi connectivity index (χ1) is 12.0. The molecule has 1 aromatic carbocycles. The van der Waals surface area contributed by atoms with Crippen molar-refractivity contribution in [3.8, 4) is 11.8 Å². The van der Waals surface area contributed by atoms with Crippen LogP contribution < -0.4 is 0 Å². The molecule has 0 radical (unpaired) electrons. The van der Waals surface area contributed by atoms with E-state index in [1.807, 2.05) is 26.0 Å². The molecule has 0 spiro atoms. The van der Waals surface area contributed by atoms with E-state index in [0.29, 0.717) is 5.56 Å². The Labute approximate surface area is 144 Å². The van der Waals surface area contributed by atoms with Gasteiger partial charge in [0, 0.05) is 11.3 Å². The molecule has 1 atom stereocenters. The molecule has 124 valence electrons. The summed E-state index contributed by atoms with van der Waals surface area (Å²) in [6.07, 6.45) is 0.999. The summed E-state index contributed by atoms with van der Waals surface area (Å²) in [6.45, 7) is 3.86. The zero-order chi connectivity index (χ0) is 18.0. The second kappa shape index (κ2) is 6.65. The average Bonchev–Trinajstić information content (AvgIpc) is 2.95. The van der Waals surface area contributed by atoms with Crippen molar-refractivity contribution in [3.63, 3.8) is 0 Å². The predicted molar refractivity (Wildman–Crippen MR) is 89.9 cm³/mol. The van der Waals surface area contributed by atoms with Gasteiger partial charge < -0.3 is 0 Å². The van der Waals surface area contributed by atoms with Gasteiger partial charge in [-0.3, -0.25) is 9.78 Å². The third-order valence-corrected chi connectivity index (χ3v) is 3.84. The minimum atomic E-state index is -1.07. The second-order valence-electron chi connectivity index (χ2n) is 5.71. The molecule has 5 nitrogen and oxygen atoms in total. The van der Waals surface area contributed by atoms with Crippen LogP contribution in [0.3, 0.4) is 0 Å². The molecule has 25 heavy (non-hydrogen) atoms. The van der Waals surface area contributed by atoms with Crippen LogP contribution in [-0.2, 0) is 0 Å². The van der Waals surface area contributed by atoms with Crippen LogP contribution in [0.25, 0.3) is 5.69 Å². The first-order valence-corrected chi connectivity index (χ1v) is 7.68. The second-order valence-corrected chi connectivity index (χ2v) is 5.71. The van der Waals surface area contributed by atoms with E-state index in [4.69, 9.17) is 0 Å². The van der Waals surface area contributed by atoms with Crippen molar-refractivity contribution in [3.05, 3.63) is 77.1 Å². The fraction of sp³-hybridized carbons (Fsp3) is 0.158. The molecule has 3 rings (SSSR count). The maximum absolute atomic E-state index is 13.0. The number of hydrogen-bond donors (Lipinski definition) is 0. The van der Waals surface area contributed by atoms with Crippen LogP contribution in [0.4, 0.5) is 4.39 Å². The number of rotatable bonds is 4. The van der Waals surface area contributed by atoms with Gasteiger partial charge in [0.15, 0.2) is 11.7 Å². The van der Waals surface area contributed by atoms with E-state index in [1.165, 1.54) is 12.1 Å². The smallest absolute Gasteiger partial charge is 0.186 e. The number of pyridine rings is 1. The van der Waals surface area contributed by atoms with Crippen LogP contribution in [0.2, 0.25) is 0 Å². The van der Waals surface area contributed by atoms with Crippen LogP contribution in [0, 0.1) is 31.0 Å². The van der Waals surface area contributed by atoms with Crippen LogP contribution in [-0.4, -0.2) is 20.5 Å². The molecule has 0 bridgehead atoms. The molecule has 0 unspecified atom stereocenters. The highest BCUT2D eigenvalue weighted by molar-refractivity contribution is 6.02. The Balaban J connectivity index is 1.88. The largest absolute Gasteiger partial charge is 0.292 e. The number of hydrogen-bond acceptors (Lipinski definition) is 4. The molecule has 0 aliphatic heterocycles. The van der Waals surface area contributed by atoms with Gasteiger partial charge in [0.25, 0.3) is 0 Å². The summed E-state index contributed by atoms with van der Waals surface area (Å²) in [4.78, 5) is 16.4. The number of nitrogens with zero attached hydrogens (tertiary/aromatic N) is 4. The van der Waals surface area contributed by atoms with Crippen molar-refractivity contribution in [2.24, 2.45) is 0 Å². The summed E-state index contributed by atoms with van der Waals surface area (Å²) < 4.78 is 14.8. The van der Waals surface area contributed by atoms with Gasteiger partial charge in [-0.15, -0.1) is 0 Å². The molecule has 0 aliphatic carbocycles. The van der Waals surface area contributed by atoms with Gasteiger partial charge in [-0.2, -0.15) is 10.4 Å². The molecule has 3 aromatic rings. The Hall–Kier alpha value is -3.33. The lowest BCUT2D eigenvalue weighted by atomic mass is 9.95. The van der Waals surface area contributed by atoms with Crippen molar-refractivity contribution in [1.29, 1.82) is 5.26 Å². The normalized spacial score (nSPS) is 11.8. The Morgan fingerprint density at radius 3 is 2.44 bits per heavy atom. The van der Waals surface area contributed by atoms with E-state index in [2.05, 4.69) is 10.1 Å². The van der Waals surface area contributed by atoms with Crippen molar-refractivity contribution < 1.29 is 9.18 Å². The fourth-order valence-electron chi connectivity index (χ4n) is 2.64. The summed E-state index contributed by atoms with van der Waals surface area (Å²) in [5.74, 6) is -1.95. The number of aromatic nitrogens is 3. The Morgan fingerprint density at radius 1 is 1.20 bits per heavy atom. The molecule has 0 fully saturated rings. The molecular formula is C19H15FN4O. The van der Waals surface area contributed by atoms with Crippen LogP contribution in [0.1, 0.15) is 33.4 Å². The standard InChI is InChI=1S/C19H15FN4O/c1-12-9-13(2)24(23-12)16-6-3-14(4-7-16)19(25)17(10-21)18-8-5-15(20)11-22-18/h3-9,11,17H,1-2H3/t17-/m0/s1. The summed E-state index contributed by atoms with van der Waals surface area (Å²) in [7, 11) is 0. The first-order valence-electron chi connectivity index (χ1n) is 7.68. The van der Waals surface area contributed by atoms with E-state index in [0.717, 1.165) is 23.3 Å². The molecule has 0 amide bonds. The van der Waals surface area contributed by atoms with Crippen molar-refractivity contribution in [2.45, 2.75) is 19.8 Å². The maximum atomic E-state index is 13.0. The quantitative estimate of drug-likeness (QED) is 0.685. The van der Waals surface area contributed by atoms with E-state index >= 15 is 0 Å². The Bertz CT molecular complexity index is 953. The number of ketones is 1. The first kappa shape index (κ1) is 16.5.